The Morgan fingerprint density at radius 1 is 1.07 bits per heavy atom. The van der Waals surface area contributed by atoms with Gasteiger partial charge in [0.2, 0.25) is 0 Å². The SMILES string of the molecule is O=C(Cn1nc2ccccn2c1=O)Oc1ccc(NC(=O)c2cccs2)cc1. The molecule has 0 atom stereocenters. The monoisotopic (exact) mass is 394 g/mol. The van der Waals surface area contributed by atoms with Crippen LogP contribution in [0.25, 0.3) is 5.65 Å². The average molecular weight is 394 g/mol. The summed E-state index contributed by atoms with van der Waals surface area (Å²) in [7, 11) is 0. The smallest absolute Gasteiger partial charge is 0.350 e. The number of aromatic nitrogens is 3. The van der Waals surface area contributed by atoms with Gasteiger partial charge in [-0.3, -0.25) is 9.20 Å². The van der Waals surface area contributed by atoms with Gasteiger partial charge in [0.15, 0.2) is 5.65 Å². The van der Waals surface area contributed by atoms with Crippen LogP contribution in [0.5, 0.6) is 5.75 Å². The molecule has 9 heteroatoms. The summed E-state index contributed by atoms with van der Waals surface area (Å²) in [5, 5.41) is 8.67. The molecule has 1 N–H and O–H groups in total. The third-order valence-electron chi connectivity index (χ3n) is 3.86. The van der Waals surface area contributed by atoms with Gasteiger partial charge in [0.25, 0.3) is 5.91 Å². The number of hydrogen-bond acceptors (Lipinski definition) is 6. The third kappa shape index (κ3) is 3.69. The molecule has 28 heavy (non-hydrogen) atoms. The molecule has 1 aromatic carbocycles. The van der Waals surface area contributed by atoms with Gasteiger partial charge in [-0.1, -0.05) is 12.1 Å². The molecule has 0 unspecified atom stereocenters. The van der Waals surface area contributed by atoms with Crippen LogP contribution < -0.4 is 15.7 Å². The number of fused-ring (bicyclic) bond motifs is 1. The van der Waals surface area contributed by atoms with Gasteiger partial charge in [-0.05, 0) is 47.8 Å². The number of carbonyl (C=O) groups excluding carboxylic acids is 2. The largest absolute Gasteiger partial charge is 0.425 e. The van der Waals surface area contributed by atoms with Gasteiger partial charge >= 0.3 is 11.7 Å². The van der Waals surface area contributed by atoms with Crippen LogP contribution in [0.1, 0.15) is 9.67 Å². The Morgan fingerprint density at radius 2 is 1.89 bits per heavy atom. The number of hydrogen-bond donors (Lipinski definition) is 1. The fourth-order valence-electron chi connectivity index (χ4n) is 2.56. The maximum absolute atomic E-state index is 12.2. The van der Waals surface area contributed by atoms with E-state index >= 15 is 0 Å². The number of pyridine rings is 1. The highest BCUT2D eigenvalue weighted by Gasteiger charge is 2.12. The number of carbonyl (C=O) groups is 2. The van der Waals surface area contributed by atoms with Gasteiger partial charge in [-0.15, -0.1) is 16.4 Å². The zero-order chi connectivity index (χ0) is 19.5. The van der Waals surface area contributed by atoms with Gasteiger partial charge in [-0.25, -0.2) is 14.3 Å². The molecule has 0 aliphatic heterocycles. The Balaban J connectivity index is 1.39. The molecule has 140 valence electrons. The number of benzene rings is 1. The molecule has 0 fully saturated rings. The number of nitrogens with zero attached hydrogens (tertiary/aromatic N) is 3. The molecular formula is C19H14N4O4S. The fraction of sp³-hybridized carbons (Fsp3) is 0.0526. The number of ether oxygens (including phenoxy) is 1. The minimum atomic E-state index is -0.624. The second-order valence-electron chi connectivity index (χ2n) is 5.80. The van der Waals surface area contributed by atoms with Crippen LogP contribution in [0, 0.1) is 0 Å². The van der Waals surface area contributed by atoms with Crippen molar-refractivity contribution in [2.45, 2.75) is 6.54 Å². The molecule has 8 nitrogen and oxygen atoms in total. The third-order valence-corrected chi connectivity index (χ3v) is 4.72. The summed E-state index contributed by atoms with van der Waals surface area (Å²) >= 11 is 1.35. The molecule has 0 radical (unpaired) electrons. The molecule has 3 heterocycles. The van der Waals surface area contributed by atoms with Crippen LogP contribution in [0.2, 0.25) is 0 Å². The average Bonchev–Trinajstić information content (AvgIpc) is 3.33. The minimum Gasteiger partial charge on any atom is -0.425 e. The van der Waals surface area contributed by atoms with Crippen molar-refractivity contribution < 1.29 is 14.3 Å². The summed E-state index contributed by atoms with van der Waals surface area (Å²) in [6.45, 7) is -0.308. The highest BCUT2D eigenvalue weighted by Crippen LogP contribution is 2.18. The van der Waals surface area contributed by atoms with Crippen LogP contribution in [0.3, 0.4) is 0 Å². The van der Waals surface area contributed by atoms with Crippen molar-refractivity contribution in [1.29, 1.82) is 0 Å². The molecule has 0 saturated heterocycles. The van der Waals surface area contributed by atoms with Crippen molar-refractivity contribution in [3.05, 3.63) is 81.5 Å². The van der Waals surface area contributed by atoms with E-state index in [-0.39, 0.29) is 12.5 Å². The van der Waals surface area contributed by atoms with E-state index in [4.69, 9.17) is 4.74 Å². The Labute approximate surface area is 162 Å². The lowest BCUT2D eigenvalue weighted by Crippen LogP contribution is -2.27. The van der Waals surface area contributed by atoms with E-state index in [0.717, 1.165) is 4.68 Å². The summed E-state index contributed by atoms with van der Waals surface area (Å²) in [5.74, 6) is -0.525. The Bertz CT molecular complexity index is 1190. The Morgan fingerprint density at radius 3 is 2.61 bits per heavy atom. The summed E-state index contributed by atoms with van der Waals surface area (Å²) in [6.07, 6.45) is 1.58. The second kappa shape index (κ2) is 7.49. The standard InChI is InChI=1S/C19H14N4O4S/c24-17(12-23-19(26)22-10-2-1-5-16(22)21-23)27-14-8-6-13(7-9-14)20-18(25)15-4-3-11-28-15/h1-11H,12H2,(H,20,25). The van der Waals surface area contributed by atoms with E-state index in [1.54, 1.807) is 60.8 Å². The number of nitrogens with one attached hydrogen (secondary N) is 1. The van der Waals surface area contributed by atoms with Crippen molar-refractivity contribution in [3.63, 3.8) is 0 Å². The van der Waals surface area contributed by atoms with Gasteiger partial charge in [0, 0.05) is 11.9 Å². The fourth-order valence-corrected chi connectivity index (χ4v) is 3.18. The van der Waals surface area contributed by atoms with Crippen LogP contribution in [0.15, 0.2) is 71.0 Å². The molecule has 3 aromatic heterocycles. The normalized spacial score (nSPS) is 10.7. The molecule has 0 bridgehead atoms. The van der Waals surface area contributed by atoms with Gasteiger partial charge < -0.3 is 10.1 Å². The summed E-state index contributed by atoms with van der Waals surface area (Å²) in [6, 6.07) is 15.1. The summed E-state index contributed by atoms with van der Waals surface area (Å²) < 4.78 is 7.64. The summed E-state index contributed by atoms with van der Waals surface area (Å²) in [4.78, 5) is 36.9. The molecule has 4 aromatic rings. The van der Waals surface area contributed by atoms with Crippen molar-refractivity contribution in [2.24, 2.45) is 0 Å². The quantitative estimate of drug-likeness (QED) is 0.414. The number of anilines is 1. The lowest BCUT2D eigenvalue weighted by Gasteiger charge is -2.06. The van der Waals surface area contributed by atoms with E-state index in [9.17, 15) is 14.4 Å². The van der Waals surface area contributed by atoms with Crippen LogP contribution in [-0.4, -0.2) is 26.1 Å². The topological polar surface area (TPSA) is 94.7 Å². The molecule has 0 saturated carbocycles. The van der Waals surface area contributed by atoms with Gasteiger partial charge in [-0.2, -0.15) is 0 Å². The molecule has 0 aliphatic rings. The zero-order valence-corrected chi connectivity index (χ0v) is 15.3. The Kier molecular flexibility index (Phi) is 4.73. The molecule has 4 rings (SSSR count). The Hall–Kier alpha value is -3.72. The highest BCUT2D eigenvalue weighted by atomic mass is 32.1. The second-order valence-corrected chi connectivity index (χ2v) is 6.75. The maximum Gasteiger partial charge on any atom is 0.350 e. The van der Waals surface area contributed by atoms with E-state index < -0.39 is 11.7 Å². The number of rotatable bonds is 5. The molecule has 0 spiro atoms. The minimum absolute atomic E-state index is 0.203. The number of esters is 1. The van der Waals surface area contributed by atoms with Crippen molar-refractivity contribution in [2.75, 3.05) is 5.32 Å². The van der Waals surface area contributed by atoms with E-state index in [2.05, 4.69) is 10.4 Å². The van der Waals surface area contributed by atoms with Gasteiger partial charge in [0.1, 0.15) is 12.3 Å². The van der Waals surface area contributed by atoms with Crippen LogP contribution in [0.4, 0.5) is 5.69 Å². The van der Waals surface area contributed by atoms with E-state index in [1.165, 1.54) is 15.7 Å². The lowest BCUT2D eigenvalue weighted by atomic mass is 10.3. The van der Waals surface area contributed by atoms with E-state index in [0.29, 0.717) is 22.0 Å². The van der Waals surface area contributed by atoms with Crippen LogP contribution >= 0.6 is 11.3 Å². The first-order valence-electron chi connectivity index (χ1n) is 8.30. The predicted octanol–water partition coefficient (Wildman–Crippen LogP) is 2.42. The first-order chi connectivity index (χ1) is 13.6. The first kappa shape index (κ1) is 17.7. The predicted molar refractivity (Wildman–Crippen MR) is 104 cm³/mol. The number of amides is 1. The first-order valence-corrected chi connectivity index (χ1v) is 9.18. The highest BCUT2D eigenvalue weighted by molar-refractivity contribution is 7.12. The van der Waals surface area contributed by atoms with E-state index in [1.807, 2.05) is 5.38 Å². The number of thiophene rings is 1. The van der Waals surface area contributed by atoms with Gasteiger partial charge in [0.05, 0.1) is 4.88 Å². The maximum atomic E-state index is 12.2. The van der Waals surface area contributed by atoms with Crippen molar-refractivity contribution >= 4 is 34.5 Å². The lowest BCUT2D eigenvalue weighted by molar-refractivity contribution is -0.135. The summed E-state index contributed by atoms with van der Waals surface area (Å²) in [5.41, 5.74) is 0.611. The van der Waals surface area contributed by atoms with Crippen molar-refractivity contribution in [3.8, 4) is 5.75 Å². The molecule has 1 amide bonds. The molecular weight excluding hydrogens is 380 g/mol. The zero-order valence-electron chi connectivity index (χ0n) is 14.4. The van der Waals surface area contributed by atoms with Crippen LogP contribution in [-0.2, 0) is 11.3 Å². The van der Waals surface area contributed by atoms with Crippen molar-refractivity contribution in [1.82, 2.24) is 14.2 Å². The molecule has 0 aliphatic carbocycles.